The number of piperidine rings is 1. The SMILES string of the molecule is CC1CCN(c2ccccc2C(N)=S)CC1. The molecule has 1 heterocycles. The second-order valence-corrected chi connectivity index (χ2v) is 4.99. The molecule has 0 bridgehead atoms. The van der Waals surface area contributed by atoms with Gasteiger partial charge in [0.05, 0.1) is 0 Å². The maximum absolute atomic E-state index is 5.75. The fourth-order valence-corrected chi connectivity index (χ4v) is 2.38. The van der Waals surface area contributed by atoms with Gasteiger partial charge in [-0.1, -0.05) is 31.3 Å². The molecule has 1 aliphatic rings. The fourth-order valence-electron chi connectivity index (χ4n) is 2.21. The average molecular weight is 234 g/mol. The summed E-state index contributed by atoms with van der Waals surface area (Å²) in [4.78, 5) is 2.89. The van der Waals surface area contributed by atoms with Crippen molar-refractivity contribution in [1.82, 2.24) is 0 Å². The minimum atomic E-state index is 0.495. The van der Waals surface area contributed by atoms with E-state index in [0.29, 0.717) is 4.99 Å². The van der Waals surface area contributed by atoms with Gasteiger partial charge in [0.15, 0.2) is 0 Å². The molecule has 1 aromatic rings. The van der Waals surface area contributed by atoms with Crippen LogP contribution in [0.15, 0.2) is 24.3 Å². The van der Waals surface area contributed by atoms with Gasteiger partial charge in [-0.3, -0.25) is 0 Å². The molecule has 0 saturated carbocycles. The standard InChI is InChI=1S/C13H18N2S/c1-10-6-8-15(9-7-10)12-5-3-2-4-11(12)13(14)16/h2-5,10H,6-9H2,1H3,(H2,14,16). The van der Waals surface area contributed by atoms with Crippen molar-refractivity contribution in [3.63, 3.8) is 0 Å². The van der Waals surface area contributed by atoms with Crippen LogP contribution in [-0.4, -0.2) is 18.1 Å². The average Bonchev–Trinajstić information content (AvgIpc) is 2.30. The van der Waals surface area contributed by atoms with E-state index >= 15 is 0 Å². The van der Waals surface area contributed by atoms with Gasteiger partial charge in [0.25, 0.3) is 0 Å². The van der Waals surface area contributed by atoms with Crippen LogP contribution in [-0.2, 0) is 0 Å². The Balaban J connectivity index is 2.23. The van der Waals surface area contributed by atoms with Gasteiger partial charge in [0.1, 0.15) is 4.99 Å². The Kier molecular flexibility index (Phi) is 3.44. The molecule has 2 nitrogen and oxygen atoms in total. The van der Waals surface area contributed by atoms with E-state index in [1.807, 2.05) is 12.1 Å². The zero-order valence-electron chi connectivity index (χ0n) is 9.65. The third-order valence-corrected chi connectivity index (χ3v) is 3.51. The molecule has 16 heavy (non-hydrogen) atoms. The molecular formula is C13H18N2S. The highest BCUT2D eigenvalue weighted by Gasteiger charge is 2.18. The molecule has 0 aromatic heterocycles. The number of nitrogens with zero attached hydrogens (tertiary/aromatic N) is 1. The molecule has 0 unspecified atom stereocenters. The Morgan fingerprint density at radius 3 is 2.56 bits per heavy atom. The first kappa shape index (κ1) is 11.4. The van der Waals surface area contributed by atoms with E-state index in [-0.39, 0.29) is 0 Å². The van der Waals surface area contributed by atoms with Crippen LogP contribution in [0, 0.1) is 5.92 Å². The van der Waals surface area contributed by atoms with E-state index in [0.717, 1.165) is 24.6 Å². The maximum atomic E-state index is 5.75. The lowest BCUT2D eigenvalue weighted by atomic mass is 9.98. The van der Waals surface area contributed by atoms with Gasteiger partial charge >= 0.3 is 0 Å². The van der Waals surface area contributed by atoms with E-state index in [4.69, 9.17) is 18.0 Å². The van der Waals surface area contributed by atoms with Gasteiger partial charge in [0, 0.05) is 24.3 Å². The van der Waals surface area contributed by atoms with Crippen molar-refractivity contribution in [3.05, 3.63) is 29.8 Å². The van der Waals surface area contributed by atoms with Crippen LogP contribution in [0.3, 0.4) is 0 Å². The zero-order chi connectivity index (χ0) is 11.5. The summed E-state index contributed by atoms with van der Waals surface area (Å²) >= 11 is 5.09. The summed E-state index contributed by atoms with van der Waals surface area (Å²) in [5.41, 5.74) is 7.96. The smallest absolute Gasteiger partial charge is 0.106 e. The lowest BCUT2D eigenvalue weighted by Crippen LogP contribution is -2.34. The molecule has 86 valence electrons. The fraction of sp³-hybridized carbons (Fsp3) is 0.462. The monoisotopic (exact) mass is 234 g/mol. The number of benzene rings is 1. The predicted molar refractivity (Wildman–Crippen MR) is 72.9 cm³/mol. The molecule has 1 aromatic carbocycles. The van der Waals surface area contributed by atoms with E-state index in [1.165, 1.54) is 18.5 Å². The first-order valence-electron chi connectivity index (χ1n) is 5.82. The minimum absolute atomic E-state index is 0.495. The van der Waals surface area contributed by atoms with Crippen LogP contribution < -0.4 is 10.6 Å². The summed E-state index contributed by atoms with van der Waals surface area (Å²) in [6.07, 6.45) is 2.51. The zero-order valence-corrected chi connectivity index (χ0v) is 10.5. The van der Waals surface area contributed by atoms with E-state index in [2.05, 4.69) is 24.0 Å². The van der Waals surface area contributed by atoms with Crippen molar-refractivity contribution in [2.24, 2.45) is 11.7 Å². The molecule has 0 amide bonds. The van der Waals surface area contributed by atoms with Crippen molar-refractivity contribution in [2.45, 2.75) is 19.8 Å². The number of nitrogens with two attached hydrogens (primary N) is 1. The topological polar surface area (TPSA) is 29.3 Å². The van der Waals surface area contributed by atoms with Crippen molar-refractivity contribution in [3.8, 4) is 0 Å². The van der Waals surface area contributed by atoms with Crippen molar-refractivity contribution in [1.29, 1.82) is 0 Å². The van der Waals surface area contributed by atoms with E-state index < -0.39 is 0 Å². The molecule has 0 spiro atoms. The summed E-state index contributed by atoms with van der Waals surface area (Å²) in [5.74, 6) is 0.841. The van der Waals surface area contributed by atoms with E-state index in [1.54, 1.807) is 0 Å². The molecule has 1 saturated heterocycles. The Hall–Kier alpha value is -1.09. The van der Waals surface area contributed by atoms with Gasteiger partial charge in [-0.05, 0) is 30.9 Å². The second-order valence-electron chi connectivity index (χ2n) is 4.55. The number of para-hydroxylation sites is 1. The Morgan fingerprint density at radius 1 is 1.31 bits per heavy atom. The normalized spacial score (nSPS) is 17.4. The molecule has 0 aliphatic carbocycles. The molecule has 0 atom stereocenters. The Bertz CT molecular complexity index is 381. The van der Waals surface area contributed by atoms with Crippen LogP contribution in [0.1, 0.15) is 25.3 Å². The van der Waals surface area contributed by atoms with Gasteiger partial charge < -0.3 is 10.6 Å². The summed E-state index contributed by atoms with van der Waals surface area (Å²) in [6, 6.07) is 8.17. The minimum Gasteiger partial charge on any atom is -0.389 e. The quantitative estimate of drug-likeness (QED) is 0.797. The third-order valence-electron chi connectivity index (χ3n) is 3.29. The summed E-state index contributed by atoms with van der Waals surface area (Å²) in [5, 5.41) is 0. The molecule has 1 fully saturated rings. The Morgan fingerprint density at radius 2 is 1.94 bits per heavy atom. The molecule has 3 heteroatoms. The first-order chi connectivity index (χ1) is 7.68. The predicted octanol–water partition coefficient (Wildman–Crippen LogP) is 2.56. The van der Waals surface area contributed by atoms with Gasteiger partial charge in [-0.25, -0.2) is 0 Å². The van der Waals surface area contributed by atoms with Crippen molar-refractivity contribution < 1.29 is 0 Å². The first-order valence-corrected chi connectivity index (χ1v) is 6.23. The highest BCUT2D eigenvalue weighted by molar-refractivity contribution is 7.80. The number of hydrogen-bond donors (Lipinski definition) is 1. The van der Waals surface area contributed by atoms with Crippen molar-refractivity contribution >= 4 is 22.9 Å². The van der Waals surface area contributed by atoms with Crippen LogP contribution >= 0.6 is 12.2 Å². The Labute approximate surface area is 102 Å². The summed E-state index contributed by atoms with van der Waals surface area (Å²) in [7, 11) is 0. The number of rotatable bonds is 2. The van der Waals surface area contributed by atoms with Crippen LogP contribution in [0.2, 0.25) is 0 Å². The van der Waals surface area contributed by atoms with Gasteiger partial charge in [0.2, 0.25) is 0 Å². The molecule has 0 radical (unpaired) electrons. The highest BCUT2D eigenvalue weighted by atomic mass is 32.1. The summed E-state index contributed by atoms with van der Waals surface area (Å²) < 4.78 is 0. The lowest BCUT2D eigenvalue weighted by Gasteiger charge is -2.33. The third kappa shape index (κ3) is 2.35. The summed E-state index contributed by atoms with van der Waals surface area (Å²) in [6.45, 7) is 4.54. The molecule has 2 rings (SSSR count). The van der Waals surface area contributed by atoms with Gasteiger partial charge in [-0.15, -0.1) is 0 Å². The second kappa shape index (κ2) is 4.83. The number of anilines is 1. The molecule has 2 N–H and O–H groups in total. The molecular weight excluding hydrogens is 216 g/mol. The van der Waals surface area contributed by atoms with E-state index in [9.17, 15) is 0 Å². The number of thiocarbonyl (C=S) groups is 1. The highest BCUT2D eigenvalue weighted by Crippen LogP contribution is 2.25. The largest absolute Gasteiger partial charge is 0.389 e. The molecule has 1 aliphatic heterocycles. The maximum Gasteiger partial charge on any atom is 0.106 e. The van der Waals surface area contributed by atoms with Crippen LogP contribution in [0.5, 0.6) is 0 Å². The van der Waals surface area contributed by atoms with Gasteiger partial charge in [-0.2, -0.15) is 0 Å². The number of hydrogen-bond acceptors (Lipinski definition) is 2. The van der Waals surface area contributed by atoms with Crippen LogP contribution in [0.4, 0.5) is 5.69 Å². The lowest BCUT2D eigenvalue weighted by molar-refractivity contribution is 0.438. The van der Waals surface area contributed by atoms with Crippen LogP contribution in [0.25, 0.3) is 0 Å². The van der Waals surface area contributed by atoms with Crippen molar-refractivity contribution in [2.75, 3.05) is 18.0 Å².